The molecule has 0 atom stereocenters. The Labute approximate surface area is 130 Å². The summed E-state index contributed by atoms with van der Waals surface area (Å²) in [5.41, 5.74) is 3.40. The van der Waals surface area contributed by atoms with Crippen LogP contribution in [0.15, 0.2) is 0 Å². The van der Waals surface area contributed by atoms with E-state index in [9.17, 15) is 10.2 Å². The molecule has 6 heteroatoms. The van der Waals surface area contributed by atoms with Crippen molar-refractivity contribution in [3.05, 3.63) is 22.5 Å². The molecule has 2 heterocycles. The maximum absolute atomic E-state index is 10.4. The van der Waals surface area contributed by atoms with Gasteiger partial charge < -0.3 is 10.2 Å². The van der Waals surface area contributed by atoms with Gasteiger partial charge in [-0.15, -0.1) is 0 Å². The third-order valence-corrected chi connectivity index (χ3v) is 3.97. The third kappa shape index (κ3) is 2.46. The highest BCUT2D eigenvalue weighted by molar-refractivity contribution is 5.47. The molecule has 0 spiro atoms. The average molecular weight is 304 g/mol. The lowest BCUT2D eigenvalue weighted by Crippen LogP contribution is -2.06. The summed E-state index contributed by atoms with van der Waals surface area (Å²) in [4.78, 5) is 0. The maximum atomic E-state index is 10.4. The van der Waals surface area contributed by atoms with Crippen molar-refractivity contribution in [2.75, 3.05) is 0 Å². The summed E-state index contributed by atoms with van der Waals surface area (Å²) in [5.74, 6) is 1.32. The molecule has 0 aromatic carbocycles. The van der Waals surface area contributed by atoms with Crippen molar-refractivity contribution >= 4 is 0 Å². The monoisotopic (exact) mass is 304 g/mol. The van der Waals surface area contributed by atoms with Crippen LogP contribution in [0.2, 0.25) is 0 Å². The van der Waals surface area contributed by atoms with E-state index in [1.54, 1.807) is 9.36 Å². The summed E-state index contributed by atoms with van der Waals surface area (Å²) in [6.45, 7) is 9.76. The van der Waals surface area contributed by atoms with Crippen LogP contribution in [0.3, 0.4) is 0 Å². The highest BCUT2D eigenvalue weighted by Crippen LogP contribution is 2.36. The Kier molecular flexibility index (Phi) is 3.62. The molecule has 0 bridgehead atoms. The number of aromatic nitrogens is 4. The van der Waals surface area contributed by atoms with Gasteiger partial charge in [-0.3, -0.25) is 0 Å². The molecule has 0 fully saturated rings. The highest BCUT2D eigenvalue weighted by atomic mass is 16.3. The molecule has 0 saturated heterocycles. The van der Waals surface area contributed by atoms with Crippen molar-refractivity contribution < 1.29 is 10.2 Å². The zero-order valence-electron chi connectivity index (χ0n) is 13.7. The molecule has 1 aliphatic rings. The molecule has 22 heavy (non-hydrogen) atoms. The Morgan fingerprint density at radius 1 is 0.818 bits per heavy atom. The molecule has 3 rings (SSSR count). The average Bonchev–Trinajstić information content (AvgIpc) is 2.87. The summed E-state index contributed by atoms with van der Waals surface area (Å²) < 4.78 is 3.33. The first-order valence-electron chi connectivity index (χ1n) is 7.91. The molecule has 2 aromatic rings. The van der Waals surface area contributed by atoms with Gasteiger partial charge in [0.05, 0.1) is 11.4 Å². The van der Waals surface area contributed by atoms with Crippen LogP contribution in [0.25, 0.3) is 0 Å². The van der Waals surface area contributed by atoms with E-state index in [-0.39, 0.29) is 11.8 Å². The van der Waals surface area contributed by atoms with Crippen molar-refractivity contribution in [3.8, 4) is 11.8 Å². The van der Waals surface area contributed by atoms with E-state index in [2.05, 4.69) is 37.9 Å². The van der Waals surface area contributed by atoms with Gasteiger partial charge in [-0.2, -0.15) is 10.2 Å². The van der Waals surface area contributed by atoms with Crippen LogP contribution >= 0.6 is 0 Å². The van der Waals surface area contributed by atoms with Gasteiger partial charge in [-0.05, 0) is 11.8 Å². The number of hydrogen-bond acceptors (Lipinski definition) is 4. The predicted octanol–water partition coefficient (Wildman–Crippen LogP) is 2.30. The third-order valence-electron chi connectivity index (χ3n) is 3.97. The van der Waals surface area contributed by atoms with Gasteiger partial charge in [0, 0.05) is 37.1 Å². The topological polar surface area (TPSA) is 76.1 Å². The van der Waals surface area contributed by atoms with E-state index in [1.807, 2.05) is 0 Å². The first-order chi connectivity index (χ1) is 10.4. The molecule has 0 amide bonds. The second-order valence-corrected chi connectivity index (χ2v) is 7.00. The molecule has 0 unspecified atom stereocenters. The fourth-order valence-corrected chi connectivity index (χ4v) is 3.00. The van der Waals surface area contributed by atoms with Crippen LogP contribution in [0.5, 0.6) is 11.8 Å². The zero-order valence-corrected chi connectivity index (χ0v) is 13.7. The molecule has 6 nitrogen and oxygen atoms in total. The zero-order chi connectivity index (χ0) is 16.0. The number of hydrogen-bond donors (Lipinski definition) is 2. The van der Waals surface area contributed by atoms with Crippen LogP contribution < -0.4 is 0 Å². The van der Waals surface area contributed by atoms with E-state index < -0.39 is 0 Å². The summed E-state index contributed by atoms with van der Waals surface area (Å²) in [5, 5.41) is 29.8. The largest absolute Gasteiger partial charge is 0.493 e. The van der Waals surface area contributed by atoms with Gasteiger partial charge in [-0.1, -0.05) is 27.7 Å². The van der Waals surface area contributed by atoms with E-state index >= 15 is 0 Å². The van der Waals surface area contributed by atoms with Gasteiger partial charge in [0.15, 0.2) is 0 Å². The smallest absolute Gasteiger partial charge is 0.213 e. The molecular formula is C16H24N4O2. The quantitative estimate of drug-likeness (QED) is 0.775. The van der Waals surface area contributed by atoms with Gasteiger partial charge in [0.2, 0.25) is 11.8 Å². The molecule has 0 aliphatic heterocycles. The molecule has 2 N–H and O–H groups in total. The molecular weight excluding hydrogens is 280 g/mol. The lowest BCUT2D eigenvalue weighted by atomic mass is 9.95. The minimum atomic E-state index is 0.243. The van der Waals surface area contributed by atoms with Crippen molar-refractivity contribution in [3.63, 3.8) is 0 Å². The minimum Gasteiger partial charge on any atom is -0.493 e. The Morgan fingerprint density at radius 3 is 1.50 bits per heavy atom. The number of fused-ring (bicyclic) bond motifs is 2. The molecule has 120 valence electrons. The van der Waals surface area contributed by atoms with Crippen LogP contribution in [0.4, 0.5) is 0 Å². The fraction of sp³-hybridized carbons (Fsp3) is 0.625. The van der Waals surface area contributed by atoms with Gasteiger partial charge in [0.25, 0.3) is 0 Å². The summed E-state index contributed by atoms with van der Waals surface area (Å²) >= 11 is 0. The van der Waals surface area contributed by atoms with Crippen LogP contribution in [-0.4, -0.2) is 29.8 Å². The SMILES string of the molecule is CC(C)Cn1nc2c(c1O)Cc1nn(CC(C)C)c(O)c1C2. The first-order valence-corrected chi connectivity index (χ1v) is 7.91. The van der Waals surface area contributed by atoms with Crippen molar-refractivity contribution in [2.45, 2.75) is 53.6 Å². The fourth-order valence-electron chi connectivity index (χ4n) is 3.00. The van der Waals surface area contributed by atoms with Crippen molar-refractivity contribution in [1.29, 1.82) is 0 Å². The molecule has 2 aromatic heterocycles. The normalized spacial score (nSPS) is 13.7. The van der Waals surface area contributed by atoms with Crippen LogP contribution in [0, 0.1) is 11.8 Å². The van der Waals surface area contributed by atoms with Gasteiger partial charge >= 0.3 is 0 Å². The summed E-state index contributed by atoms with van der Waals surface area (Å²) in [6, 6.07) is 0. The maximum Gasteiger partial charge on any atom is 0.213 e. The van der Waals surface area contributed by atoms with E-state index in [0.717, 1.165) is 22.5 Å². The summed E-state index contributed by atoms with van der Waals surface area (Å²) in [6.07, 6.45) is 1.07. The first kappa shape index (κ1) is 14.9. The van der Waals surface area contributed by atoms with Gasteiger partial charge in [-0.25, -0.2) is 9.36 Å². The number of nitrogens with zero attached hydrogens (tertiary/aromatic N) is 4. The summed E-state index contributed by atoms with van der Waals surface area (Å²) in [7, 11) is 0. The lowest BCUT2D eigenvalue weighted by Gasteiger charge is -2.09. The second-order valence-electron chi connectivity index (χ2n) is 7.00. The Balaban J connectivity index is 1.93. The van der Waals surface area contributed by atoms with E-state index in [0.29, 0.717) is 37.8 Å². The second kappa shape index (κ2) is 5.34. The minimum absolute atomic E-state index is 0.243. The Bertz CT molecular complexity index is 637. The van der Waals surface area contributed by atoms with Gasteiger partial charge in [0.1, 0.15) is 0 Å². The van der Waals surface area contributed by atoms with Crippen molar-refractivity contribution in [1.82, 2.24) is 19.6 Å². The van der Waals surface area contributed by atoms with Crippen molar-refractivity contribution in [2.24, 2.45) is 11.8 Å². The van der Waals surface area contributed by atoms with Crippen LogP contribution in [0.1, 0.15) is 50.2 Å². The molecule has 0 saturated carbocycles. The number of rotatable bonds is 4. The Hall–Kier alpha value is -1.98. The molecule has 0 radical (unpaired) electrons. The molecule has 1 aliphatic carbocycles. The Morgan fingerprint density at radius 2 is 1.18 bits per heavy atom. The van der Waals surface area contributed by atoms with Crippen LogP contribution in [-0.2, 0) is 25.9 Å². The van der Waals surface area contributed by atoms with E-state index in [4.69, 9.17) is 0 Å². The lowest BCUT2D eigenvalue weighted by molar-refractivity contribution is 0.366. The predicted molar refractivity (Wildman–Crippen MR) is 83.1 cm³/mol. The van der Waals surface area contributed by atoms with E-state index in [1.165, 1.54) is 0 Å². The number of aromatic hydroxyl groups is 2. The highest BCUT2D eigenvalue weighted by Gasteiger charge is 2.29. The standard InChI is InChI=1S/C16H24N4O2/c1-9(2)7-19-15(21)11-5-14-12(6-13(11)17-19)16(22)20(18-14)8-10(3)4/h9-10,21-22H,5-8H2,1-4H3.